The number of piperidine rings is 1. The van der Waals surface area contributed by atoms with E-state index in [1.54, 1.807) is 4.90 Å². The van der Waals surface area contributed by atoms with Crippen LogP contribution in [0.15, 0.2) is 53.9 Å². The number of halogens is 2. The van der Waals surface area contributed by atoms with Crippen LogP contribution in [-0.4, -0.2) is 35.7 Å². The summed E-state index contributed by atoms with van der Waals surface area (Å²) in [5.41, 5.74) is 11.5. The van der Waals surface area contributed by atoms with Gasteiger partial charge < -0.3 is 26.4 Å². The number of ether oxygens (including phenoxy) is 1. The first-order valence-electron chi connectivity index (χ1n) is 9.81. The monoisotopic (exact) mass is 440 g/mol. The molecule has 1 amide bonds. The number of amides is 1. The highest BCUT2D eigenvalue weighted by molar-refractivity contribution is 6.26. The van der Waals surface area contributed by atoms with Gasteiger partial charge in [0.15, 0.2) is 17.8 Å². The van der Waals surface area contributed by atoms with Crippen molar-refractivity contribution in [2.45, 2.75) is 18.9 Å². The first-order chi connectivity index (χ1) is 15.3. The summed E-state index contributed by atoms with van der Waals surface area (Å²) in [5, 5.41) is 20.5. The van der Waals surface area contributed by atoms with Gasteiger partial charge in [0.1, 0.15) is 23.0 Å². The van der Waals surface area contributed by atoms with E-state index in [4.69, 9.17) is 26.9 Å². The molecule has 0 saturated carbocycles. The van der Waals surface area contributed by atoms with Crippen LogP contribution < -0.4 is 21.5 Å². The van der Waals surface area contributed by atoms with Gasteiger partial charge in [-0.05, 0) is 49.2 Å². The van der Waals surface area contributed by atoms with E-state index in [0.717, 1.165) is 18.9 Å². The van der Waals surface area contributed by atoms with Crippen LogP contribution in [-0.2, 0) is 4.79 Å². The normalized spacial score (nSPS) is 16.5. The van der Waals surface area contributed by atoms with Crippen LogP contribution in [0.2, 0.25) is 0 Å². The molecule has 1 atom stereocenters. The lowest BCUT2D eigenvalue weighted by Crippen LogP contribution is -2.46. The zero-order valence-corrected chi connectivity index (χ0v) is 17.1. The summed E-state index contributed by atoms with van der Waals surface area (Å²) in [6, 6.07) is 8.72. The van der Waals surface area contributed by atoms with Gasteiger partial charge in [0.25, 0.3) is 5.91 Å². The number of carbonyl (C=O) groups excluding carboxylic acids is 1. The summed E-state index contributed by atoms with van der Waals surface area (Å²) < 4.78 is 32.2. The average Bonchev–Trinajstić information content (AvgIpc) is 2.76. The number of nitrogens with two attached hydrogens (primary N) is 2. The van der Waals surface area contributed by atoms with E-state index in [0.29, 0.717) is 24.7 Å². The van der Waals surface area contributed by atoms with Crippen molar-refractivity contribution in [2.75, 3.05) is 13.1 Å². The van der Waals surface area contributed by atoms with E-state index in [1.165, 1.54) is 30.3 Å². The Bertz CT molecular complexity index is 1090. The SMILES string of the molecule is N#CN1CCCC(N/C(N)=C(\C(=N)c2ccc(Oc3ccc(F)cc3F)cc2)C(N)=O)C1. The highest BCUT2D eigenvalue weighted by atomic mass is 19.1. The Morgan fingerprint density at radius 2 is 1.94 bits per heavy atom. The molecule has 0 aliphatic carbocycles. The number of nitrogens with zero attached hydrogens (tertiary/aromatic N) is 2. The van der Waals surface area contributed by atoms with E-state index in [1.807, 2.05) is 0 Å². The van der Waals surface area contributed by atoms with Crippen molar-refractivity contribution >= 4 is 11.6 Å². The van der Waals surface area contributed by atoms with Crippen LogP contribution >= 0.6 is 0 Å². The summed E-state index contributed by atoms with van der Waals surface area (Å²) in [5.74, 6) is -2.38. The molecule has 1 aliphatic heterocycles. The second-order valence-corrected chi connectivity index (χ2v) is 7.26. The van der Waals surface area contributed by atoms with Crippen molar-refractivity contribution < 1.29 is 18.3 Å². The quantitative estimate of drug-likeness (QED) is 0.296. The Morgan fingerprint density at radius 3 is 2.56 bits per heavy atom. The van der Waals surface area contributed by atoms with Crippen LogP contribution in [0.4, 0.5) is 8.78 Å². The minimum absolute atomic E-state index is 0.0407. The standard InChI is InChI=1S/C22H22F2N6O2/c23-14-5-8-18(17(24)10-14)32-16-6-3-13(4-7-16)20(26)19(22(28)31)21(27)29-15-2-1-9-30(11-15)12-25/h3-8,10,15,26,29H,1-2,9,11,27H2,(H2,28,31)/b21-19+,26-20?. The molecule has 3 rings (SSSR count). The van der Waals surface area contributed by atoms with Crippen LogP contribution in [0.3, 0.4) is 0 Å². The number of nitrogens with one attached hydrogen (secondary N) is 2. The molecule has 1 saturated heterocycles. The maximum absolute atomic E-state index is 13.8. The Labute approximate surface area is 183 Å². The minimum atomic E-state index is -0.873. The summed E-state index contributed by atoms with van der Waals surface area (Å²) >= 11 is 0. The maximum atomic E-state index is 13.8. The molecule has 0 bridgehead atoms. The summed E-state index contributed by atoms with van der Waals surface area (Å²) in [7, 11) is 0. The fourth-order valence-corrected chi connectivity index (χ4v) is 3.39. The van der Waals surface area contributed by atoms with Crippen LogP contribution in [0.5, 0.6) is 11.5 Å². The second kappa shape index (κ2) is 9.78. The minimum Gasteiger partial charge on any atom is -0.454 e. The number of rotatable bonds is 7. The molecule has 1 heterocycles. The van der Waals surface area contributed by atoms with Gasteiger partial charge in [-0.25, -0.2) is 8.78 Å². The molecule has 0 spiro atoms. The van der Waals surface area contributed by atoms with Crippen molar-refractivity contribution in [3.63, 3.8) is 0 Å². The molecule has 166 valence electrons. The average molecular weight is 440 g/mol. The summed E-state index contributed by atoms with van der Waals surface area (Å²) in [4.78, 5) is 13.6. The molecule has 6 N–H and O–H groups in total. The lowest BCUT2D eigenvalue weighted by Gasteiger charge is -2.30. The molecule has 1 aliphatic rings. The van der Waals surface area contributed by atoms with Crippen molar-refractivity contribution in [1.29, 1.82) is 10.7 Å². The molecule has 0 radical (unpaired) electrons. The molecule has 8 nitrogen and oxygen atoms in total. The third-order valence-electron chi connectivity index (χ3n) is 4.95. The van der Waals surface area contributed by atoms with Crippen LogP contribution in [0.1, 0.15) is 18.4 Å². The molecule has 1 fully saturated rings. The zero-order chi connectivity index (χ0) is 23.3. The molecular weight excluding hydrogens is 418 g/mol. The van der Waals surface area contributed by atoms with Crippen molar-refractivity contribution in [3.8, 4) is 17.7 Å². The van der Waals surface area contributed by atoms with Gasteiger partial charge in [-0.1, -0.05) is 0 Å². The number of nitriles is 1. The van der Waals surface area contributed by atoms with Crippen molar-refractivity contribution in [2.24, 2.45) is 11.5 Å². The molecule has 2 aromatic carbocycles. The Hall–Kier alpha value is -4.13. The lowest BCUT2D eigenvalue weighted by molar-refractivity contribution is -0.114. The predicted molar refractivity (Wildman–Crippen MR) is 113 cm³/mol. The van der Waals surface area contributed by atoms with Gasteiger partial charge in [-0.3, -0.25) is 10.2 Å². The fourth-order valence-electron chi connectivity index (χ4n) is 3.39. The Balaban J connectivity index is 1.76. The number of benzene rings is 2. The zero-order valence-electron chi connectivity index (χ0n) is 17.1. The third-order valence-corrected chi connectivity index (χ3v) is 4.95. The lowest BCUT2D eigenvalue weighted by atomic mass is 10.0. The molecular formula is C22H22F2N6O2. The van der Waals surface area contributed by atoms with E-state index in [-0.39, 0.29) is 34.6 Å². The number of likely N-dealkylation sites (tertiary alicyclic amines) is 1. The van der Waals surface area contributed by atoms with Gasteiger partial charge in [-0.2, -0.15) is 5.26 Å². The second-order valence-electron chi connectivity index (χ2n) is 7.26. The van der Waals surface area contributed by atoms with Crippen molar-refractivity contribution in [3.05, 3.63) is 71.1 Å². The topological polar surface area (TPSA) is 141 Å². The fraction of sp³-hybridized carbons (Fsp3) is 0.227. The van der Waals surface area contributed by atoms with E-state index in [2.05, 4.69) is 11.5 Å². The van der Waals surface area contributed by atoms with Crippen LogP contribution in [0, 0.1) is 28.5 Å². The Kier molecular flexibility index (Phi) is 6.90. The van der Waals surface area contributed by atoms with Gasteiger partial charge in [-0.15, -0.1) is 0 Å². The van der Waals surface area contributed by atoms with E-state index < -0.39 is 17.5 Å². The van der Waals surface area contributed by atoms with Gasteiger partial charge in [0.05, 0.1) is 5.71 Å². The first kappa shape index (κ1) is 22.6. The highest BCUT2D eigenvalue weighted by Gasteiger charge is 2.23. The largest absolute Gasteiger partial charge is 0.454 e. The van der Waals surface area contributed by atoms with Gasteiger partial charge >= 0.3 is 0 Å². The summed E-state index contributed by atoms with van der Waals surface area (Å²) in [6.07, 6.45) is 3.63. The molecule has 1 unspecified atom stereocenters. The molecule has 0 aromatic heterocycles. The molecule has 10 heteroatoms. The number of primary amides is 1. The number of carbonyl (C=O) groups is 1. The summed E-state index contributed by atoms with van der Waals surface area (Å²) in [6.45, 7) is 1.09. The van der Waals surface area contributed by atoms with Gasteiger partial charge in [0.2, 0.25) is 0 Å². The highest BCUT2D eigenvalue weighted by Crippen LogP contribution is 2.25. The predicted octanol–water partition coefficient (Wildman–Crippen LogP) is 2.32. The number of hydrogen-bond acceptors (Lipinski definition) is 7. The first-order valence-corrected chi connectivity index (χ1v) is 9.81. The Morgan fingerprint density at radius 1 is 1.22 bits per heavy atom. The smallest absolute Gasteiger partial charge is 0.254 e. The maximum Gasteiger partial charge on any atom is 0.254 e. The van der Waals surface area contributed by atoms with E-state index in [9.17, 15) is 13.6 Å². The van der Waals surface area contributed by atoms with Gasteiger partial charge in [0, 0.05) is 30.8 Å². The van der Waals surface area contributed by atoms with Crippen LogP contribution in [0.25, 0.3) is 0 Å². The number of hydrogen-bond donors (Lipinski definition) is 4. The molecule has 32 heavy (non-hydrogen) atoms. The van der Waals surface area contributed by atoms with E-state index >= 15 is 0 Å². The molecule has 2 aromatic rings. The van der Waals surface area contributed by atoms with Crippen molar-refractivity contribution in [1.82, 2.24) is 10.2 Å². The third kappa shape index (κ3) is 5.31.